The molecule has 148 valence electrons. The summed E-state index contributed by atoms with van der Waals surface area (Å²) in [5.41, 5.74) is -1.43. The fraction of sp³-hybridized carbons (Fsp3) is 0.421. The Morgan fingerprint density at radius 3 is 2.39 bits per heavy atom. The highest BCUT2D eigenvalue weighted by Crippen LogP contribution is 2.46. The van der Waals surface area contributed by atoms with Crippen LogP contribution >= 0.6 is 0 Å². The first kappa shape index (κ1) is 18.5. The fourth-order valence-electron chi connectivity index (χ4n) is 3.57. The maximum absolute atomic E-state index is 13.4. The van der Waals surface area contributed by atoms with Crippen LogP contribution < -0.4 is 0 Å². The molecule has 0 spiro atoms. The van der Waals surface area contributed by atoms with Crippen LogP contribution in [0.5, 0.6) is 0 Å². The summed E-state index contributed by atoms with van der Waals surface area (Å²) in [4.78, 5) is 25.4. The molecule has 1 aromatic heterocycles. The Hall–Kier alpha value is -2.84. The van der Waals surface area contributed by atoms with Crippen molar-refractivity contribution in [2.75, 3.05) is 13.1 Å². The van der Waals surface area contributed by atoms with Gasteiger partial charge in [-0.25, -0.2) is 4.68 Å². The number of alkyl halides is 3. The lowest BCUT2D eigenvalue weighted by atomic mass is 9.86. The van der Waals surface area contributed by atoms with Gasteiger partial charge in [-0.3, -0.25) is 9.59 Å². The maximum Gasteiger partial charge on any atom is 0.406 e. The number of carbonyl (C=O) groups is 2. The molecule has 0 radical (unpaired) electrons. The highest BCUT2D eigenvalue weighted by Gasteiger charge is 2.64. The number of amides is 1. The summed E-state index contributed by atoms with van der Waals surface area (Å²) in [7, 11) is 0. The SMILES string of the molecule is O=C(c1cc(C2CC2)nn1-c1ccccc1)N1CCC(C(=O)O)(C(F)(F)F)C1. The summed E-state index contributed by atoms with van der Waals surface area (Å²) in [5, 5.41) is 13.7. The molecule has 1 saturated carbocycles. The van der Waals surface area contributed by atoms with Crippen LogP contribution in [0.2, 0.25) is 0 Å². The highest BCUT2D eigenvalue weighted by atomic mass is 19.4. The van der Waals surface area contributed by atoms with Gasteiger partial charge in [0.1, 0.15) is 5.69 Å². The molecular weight excluding hydrogens is 375 g/mol. The molecule has 1 atom stereocenters. The number of hydrogen-bond donors (Lipinski definition) is 1. The predicted molar refractivity (Wildman–Crippen MR) is 92.2 cm³/mol. The molecule has 1 amide bonds. The van der Waals surface area contributed by atoms with Crippen molar-refractivity contribution in [2.45, 2.75) is 31.4 Å². The second kappa shape index (κ2) is 6.35. The highest BCUT2D eigenvalue weighted by molar-refractivity contribution is 5.94. The standard InChI is InChI=1S/C19H18F3N3O3/c20-19(21,22)18(17(27)28)8-9-24(11-18)16(26)15-10-14(12-6-7-12)23-25(15)13-4-2-1-3-5-13/h1-5,10,12H,6-9,11H2,(H,27,28). The van der Waals surface area contributed by atoms with Crippen LogP contribution in [-0.4, -0.2) is 50.9 Å². The second-order valence-corrected chi connectivity index (χ2v) is 7.34. The molecule has 9 heteroatoms. The molecule has 2 fully saturated rings. The number of para-hydroxylation sites is 1. The third-order valence-electron chi connectivity index (χ3n) is 5.45. The summed E-state index contributed by atoms with van der Waals surface area (Å²) >= 11 is 0. The zero-order valence-electron chi connectivity index (χ0n) is 14.8. The van der Waals surface area contributed by atoms with E-state index in [0.29, 0.717) is 5.69 Å². The molecule has 28 heavy (non-hydrogen) atoms. The van der Waals surface area contributed by atoms with E-state index in [0.717, 1.165) is 23.4 Å². The van der Waals surface area contributed by atoms with Crippen LogP contribution in [-0.2, 0) is 4.79 Å². The average molecular weight is 393 g/mol. The topological polar surface area (TPSA) is 75.4 Å². The van der Waals surface area contributed by atoms with Crippen molar-refractivity contribution in [3.63, 3.8) is 0 Å². The number of nitrogens with zero attached hydrogens (tertiary/aromatic N) is 3. The summed E-state index contributed by atoms with van der Waals surface area (Å²) < 4.78 is 41.7. The Balaban J connectivity index is 1.68. The number of carboxylic acid groups (broad SMARTS) is 1. The van der Waals surface area contributed by atoms with Gasteiger partial charge < -0.3 is 10.0 Å². The number of halogens is 3. The van der Waals surface area contributed by atoms with E-state index in [-0.39, 0.29) is 18.2 Å². The van der Waals surface area contributed by atoms with Crippen LogP contribution in [0.25, 0.3) is 5.69 Å². The molecule has 2 aromatic rings. The number of hydrogen-bond acceptors (Lipinski definition) is 3. The van der Waals surface area contributed by atoms with Gasteiger partial charge in [0.25, 0.3) is 5.91 Å². The molecular formula is C19H18F3N3O3. The quantitative estimate of drug-likeness (QED) is 0.866. The van der Waals surface area contributed by atoms with Crippen molar-refractivity contribution in [1.29, 1.82) is 0 Å². The van der Waals surface area contributed by atoms with E-state index >= 15 is 0 Å². The Labute approximate surface area is 158 Å². The van der Waals surface area contributed by atoms with Gasteiger partial charge in [0.2, 0.25) is 0 Å². The van der Waals surface area contributed by atoms with Gasteiger partial charge in [-0.15, -0.1) is 0 Å². The van der Waals surface area contributed by atoms with Crippen molar-refractivity contribution < 1.29 is 27.9 Å². The molecule has 2 aliphatic rings. The first-order valence-electron chi connectivity index (χ1n) is 8.98. The van der Waals surface area contributed by atoms with E-state index in [2.05, 4.69) is 5.10 Å². The normalized spacial score (nSPS) is 22.5. The van der Waals surface area contributed by atoms with Crippen LogP contribution in [0.3, 0.4) is 0 Å². The maximum atomic E-state index is 13.4. The molecule has 0 bridgehead atoms. The molecule has 1 aromatic carbocycles. The molecule has 1 aliphatic carbocycles. The van der Waals surface area contributed by atoms with Crippen molar-refractivity contribution in [3.8, 4) is 5.69 Å². The Bertz CT molecular complexity index is 921. The van der Waals surface area contributed by atoms with E-state index in [9.17, 15) is 27.9 Å². The van der Waals surface area contributed by atoms with E-state index in [1.54, 1.807) is 36.4 Å². The van der Waals surface area contributed by atoms with Crippen LogP contribution in [0, 0.1) is 5.41 Å². The number of aromatic nitrogens is 2. The molecule has 4 rings (SSSR count). The summed E-state index contributed by atoms with van der Waals surface area (Å²) in [6.45, 7) is -1.17. The fourth-order valence-corrected chi connectivity index (χ4v) is 3.57. The first-order chi connectivity index (χ1) is 13.2. The predicted octanol–water partition coefficient (Wildman–Crippen LogP) is 3.23. The van der Waals surface area contributed by atoms with Gasteiger partial charge in [0, 0.05) is 19.0 Å². The minimum atomic E-state index is -4.94. The number of likely N-dealkylation sites (tertiary alicyclic amines) is 1. The van der Waals surface area contributed by atoms with Crippen molar-refractivity contribution >= 4 is 11.9 Å². The van der Waals surface area contributed by atoms with Gasteiger partial charge >= 0.3 is 12.1 Å². The monoisotopic (exact) mass is 393 g/mol. The number of carbonyl (C=O) groups excluding carboxylic acids is 1. The average Bonchev–Trinajstić information content (AvgIpc) is 3.23. The van der Waals surface area contributed by atoms with Gasteiger partial charge in [-0.2, -0.15) is 18.3 Å². The Kier molecular flexibility index (Phi) is 4.20. The number of benzene rings is 1. The van der Waals surface area contributed by atoms with E-state index < -0.39 is 36.4 Å². The molecule has 6 nitrogen and oxygen atoms in total. The minimum Gasteiger partial charge on any atom is -0.481 e. The van der Waals surface area contributed by atoms with Crippen LogP contribution in [0.15, 0.2) is 36.4 Å². The van der Waals surface area contributed by atoms with E-state index in [1.165, 1.54) is 4.68 Å². The Morgan fingerprint density at radius 2 is 1.86 bits per heavy atom. The minimum absolute atomic E-state index is 0.150. The third-order valence-corrected chi connectivity index (χ3v) is 5.45. The first-order valence-corrected chi connectivity index (χ1v) is 8.98. The van der Waals surface area contributed by atoms with E-state index in [4.69, 9.17) is 0 Å². The third kappa shape index (κ3) is 2.94. The van der Waals surface area contributed by atoms with E-state index in [1.807, 2.05) is 0 Å². The zero-order chi connectivity index (χ0) is 20.1. The molecule has 1 aliphatic heterocycles. The van der Waals surface area contributed by atoms with Crippen LogP contribution in [0.4, 0.5) is 13.2 Å². The molecule has 2 heterocycles. The molecule has 1 saturated heterocycles. The summed E-state index contributed by atoms with van der Waals surface area (Å²) in [6.07, 6.45) is -3.68. The lowest BCUT2D eigenvalue weighted by molar-refractivity contribution is -0.227. The largest absolute Gasteiger partial charge is 0.481 e. The number of aliphatic carboxylic acids is 1. The summed E-state index contributed by atoms with van der Waals surface area (Å²) in [5.74, 6) is -2.34. The lowest BCUT2D eigenvalue weighted by Gasteiger charge is -2.27. The van der Waals surface area contributed by atoms with Crippen LogP contribution in [0.1, 0.15) is 41.4 Å². The molecule has 1 unspecified atom stereocenters. The lowest BCUT2D eigenvalue weighted by Crippen LogP contribution is -2.47. The zero-order valence-corrected chi connectivity index (χ0v) is 14.8. The van der Waals surface area contributed by atoms with Gasteiger partial charge in [0.05, 0.1) is 11.4 Å². The Morgan fingerprint density at radius 1 is 1.18 bits per heavy atom. The van der Waals surface area contributed by atoms with Gasteiger partial charge in [0.15, 0.2) is 5.41 Å². The summed E-state index contributed by atoms with van der Waals surface area (Å²) in [6, 6.07) is 10.5. The van der Waals surface area contributed by atoms with Gasteiger partial charge in [-0.1, -0.05) is 18.2 Å². The van der Waals surface area contributed by atoms with Crippen molar-refractivity contribution in [1.82, 2.24) is 14.7 Å². The molecule has 1 N–H and O–H groups in total. The van der Waals surface area contributed by atoms with Crippen molar-refractivity contribution in [3.05, 3.63) is 47.8 Å². The second-order valence-electron chi connectivity index (χ2n) is 7.34. The van der Waals surface area contributed by atoms with Gasteiger partial charge in [-0.05, 0) is 37.5 Å². The number of rotatable bonds is 4. The van der Waals surface area contributed by atoms with Crippen molar-refractivity contribution in [2.24, 2.45) is 5.41 Å². The number of carboxylic acids is 1. The smallest absolute Gasteiger partial charge is 0.406 e.